The predicted molar refractivity (Wildman–Crippen MR) is 96.8 cm³/mol. The Bertz CT molecular complexity index is 717. The highest BCUT2D eigenvalue weighted by Crippen LogP contribution is 2.48. The summed E-state index contributed by atoms with van der Waals surface area (Å²) in [5.41, 5.74) is 3.37. The number of nitroso groups, excluding NO2 is 1. The van der Waals surface area contributed by atoms with Crippen LogP contribution in [0.2, 0.25) is 0 Å². The molecule has 0 aliphatic carbocycles. The summed E-state index contributed by atoms with van der Waals surface area (Å²) < 4.78 is 0. The van der Waals surface area contributed by atoms with Crippen molar-refractivity contribution in [2.75, 3.05) is 32.1 Å². The first-order valence-corrected chi connectivity index (χ1v) is 8.57. The first-order valence-electron chi connectivity index (χ1n) is 7.75. The maximum absolute atomic E-state index is 10.9. The lowest BCUT2D eigenvalue weighted by molar-refractivity contribution is 0.418. The molecule has 0 amide bonds. The number of hydrogen-bond donors (Lipinski definition) is 0. The second kappa shape index (κ2) is 6.72. The van der Waals surface area contributed by atoms with Gasteiger partial charge < -0.3 is 9.80 Å². The normalized spacial score (nSPS) is 14.3. The number of fused-ring (bicyclic) bond motifs is 2. The van der Waals surface area contributed by atoms with Crippen LogP contribution < -0.4 is 4.90 Å². The van der Waals surface area contributed by atoms with E-state index in [-0.39, 0.29) is 6.04 Å². The van der Waals surface area contributed by atoms with Gasteiger partial charge in [0.1, 0.15) is 6.04 Å². The largest absolute Gasteiger partial charge is 0.338 e. The Morgan fingerprint density at radius 1 is 1.13 bits per heavy atom. The van der Waals surface area contributed by atoms with Gasteiger partial charge in [0.25, 0.3) is 0 Å². The van der Waals surface area contributed by atoms with Gasteiger partial charge in [0.05, 0.1) is 11.4 Å². The van der Waals surface area contributed by atoms with E-state index in [1.807, 2.05) is 13.0 Å². The van der Waals surface area contributed by atoms with Crippen LogP contribution in [0.1, 0.15) is 18.5 Å². The molecule has 1 heterocycles. The lowest BCUT2D eigenvalue weighted by Gasteiger charge is -2.34. The van der Waals surface area contributed by atoms with Crippen LogP contribution in [-0.4, -0.2) is 32.1 Å². The van der Waals surface area contributed by atoms with E-state index in [2.05, 4.69) is 65.5 Å². The highest BCUT2D eigenvalue weighted by molar-refractivity contribution is 7.99. The number of para-hydroxylation sites is 1. The molecular formula is C18H21N3OS. The molecule has 0 N–H and O–H groups in total. The van der Waals surface area contributed by atoms with Crippen molar-refractivity contribution in [3.05, 3.63) is 52.9 Å². The standard InChI is InChI=1S/C18H21N3OS/c1-13(19-22)14-8-9-18-16(12-14)21(11-10-20(2)3)15-6-4-5-7-17(15)23-18/h4-9,12-13H,10-11H2,1-3H3. The molecule has 1 unspecified atom stereocenters. The van der Waals surface area contributed by atoms with Crippen molar-refractivity contribution in [1.29, 1.82) is 0 Å². The second-order valence-corrected chi connectivity index (χ2v) is 7.12. The molecule has 0 bridgehead atoms. The summed E-state index contributed by atoms with van der Waals surface area (Å²) in [6, 6.07) is 14.4. The average molecular weight is 327 g/mol. The summed E-state index contributed by atoms with van der Waals surface area (Å²) in [6.07, 6.45) is 0. The van der Waals surface area contributed by atoms with Crippen molar-refractivity contribution < 1.29 is 0 Å². The summed E-state index contributed by atoms with van der Waals surface area (Å²) in [4.78, 5) is 17.9. The molecule has 5 heteroatoms. The van der Waals surface area contributed by atoms with E-state index < -0.39 is 0 Å². The van der Waals surface area contributed by atoms with Crippen LogP contribution >= 0.6 is 11.8 Å². The van der Waals surface area contributed by atoms with Crippen LogP contribution in [-0.2, 0) is 0 Å². The Labute approximate surface area is 141 Å². The molecule has 0 radical (unpaired) electrons. The van der Waals surface area contributed by atoms with Gasteiger partial charge in [-0.25, -0.2) is 0 Å². The topological polar surface area (TPSA) is 35.9 Å². The Morgan fingerprint density at radius 3 is 2.61 bits per heavy atom. The third-order valence-corrected chi connectivity index (χ3v) is 5.19. The zero-order valence-corrected chi connectivity index (χ0v) is 14.5. The monoisotopic (exact) mass is 327 g/mol. The maximum atomic E-state index is 10.9. The zero-order chi connectivity index (χ0) is 16.4. The molecule has 1 atom stereocenters. The number of hydrogen-bond acceptors (Lipinski definition) is 5. The van der Waals surface area contributed by atoms with Crippen molar-refractivity contribution in [2.45, 2.75) is 22.8 Å². The summed E-state index contributed by atoms with van der Waals surface area (Å²) in [6.45, 7) is 3.71. The molecule has 0 aromatic heterocycles. The first-order chi connectivity index (χ1) is 11.1. The van der Waals surface area contributed by atoms with E-state index in [0.29, 0.717) is 0 Å². The number of nitrogens with zero attached hydrogens (tertiary/aromatic N) is 3. The molecule has 1 aliphatic rings. The quantitative estimate of drug-likeness (QED) is 0.747. The molecule has 2 aromatic carbocycles. The Morgan fingerprint density at radius 2 is 1.87 bits per heavy atom. The molecule has 3 rings (SSSR count). The van der Waals surface area contributed by atoms with Gasteiger partial charge in [-0.1, -0.05) is 35.1 Å². The van der Waals surface area contributed by atoms with Crippen molar-refractivity contribution in [2.24, 2.45) is 5.18 Å². The van der Waals surface area contributed by atoms with Crippen molar-refractivity contribution in [1.82, 2.24) is 4.90 Å². The second-order valence-electron chi connectivity index (χ2n) is 6.03. The van der Waals surface area contributed by atoms with Gasteiger partial charge >= 0.3 is 0 Å². The molecule has 0 saturated carbocycles. The minimum absolute atomic E-state index is 0.321. The smallest absolute Gasteiger partial charge is 0.114 e. The Balaban J connectivity index is 2.04. The average Bonchev–Trinajstić information content (AvgIpc) is 2.57. The van der Waals surface area contributed by atoms with Gasteiger partial charge in [-0.05, 0) is 50.8 Å². The van der Waals surface area contributed by atoms with E-state index in [4.69, 9.17) is 0 Å². The highest BCUT2D eigenvalue weighted by atomic mass is 32.2. The predicted octanol–water partition coefficient (Wildman–Crippen LogP) is 4.68. The van der Waals surface area contributed by atoms with E-state index in [1.54, 1.807) is 11.8 Å². The molecule has 2 aromatic rings. The van der Waals surface area contributed by atoms with Crippen molar-refractivity contribution >= 4 is 23.1 Å². The van der Waals surface area contributed by atoms with Crippen molar-refractivity contribution in [3.8, 4) is 0 Å². The summed E-state index contributed by atoms with van der Waals surface area (Å²) in [5.74, 6) is 0. The fraction of sp³-hybridized carbons (Fsp3) is 0.333. The lowest BCUT2D eigenvalue weighted by atomic mass is 10.1. The number of rotatable bonds is 5. The van der Waals surface area contributed by atoms with E-state index >= 15 is 0 Å². The summed E-state index contributed by atoms with van der Waals surface area (Å²) in [7, 11) is 4.17. The zero-order valence-electron chi connectivity index (χ0n) is 13.7. The SMILES string of the molecule is CC(N=O)c1ccc2c(c1)N(CCN(C)C)c1ccccc1S2. The molecule has 120 valence electrons. The van der Waals surface area contributed by atoms with Gasteiger partial charge in [-0.3, -0.25) is 0 Å². The van der Waals surface area contributed by atoms with Gasteiger partial charge in [0.2, 0.25) is 0 Å². The molecule has 23 heavy (non-hydrogen) atoms. The van der Waals surface area contributed by atoms with Crippen LogP contribution in [0.4, 0.5) is 11.4 Å². The van der Waals surface area contributed by atoms with Crippen LogP contribution in [0, 0.1) is 4.91 Å². The van der Waals surface area contributed by atoms with E-state index in [9.17, 15) is 4.91 Å². The molecule has 4 nitrogen and oxygen atoms in total. The van der Waals surface area contributed by atoms with E-state index in [0.717, 1.165) is 18.7 Å². The number of anilines is 2. The van der Waals surface area contributed by atoms with Gasteiger partial charge in [-0.2, -0.15) is 4.91 Å². The lowest BCUT2D eigenvalue weighted by Crippen LogP contribution is -2.30. The number of benzene rings is 2. The molecule has 0 spiro atoms. The Hall–Kier alpha value is -1.85. The fourth-order valence-electron chi connectivity index (χ4n) is 2.71. The van der Waals surface area contributed by atoms with Crippen molar-refractivity contribution in [3.63, 3.8) is 0 Å². The Kier molecular flexibility index (Phi) is 4.68. The summed E-state index contributed by atoms with van der Waals surface area (Å²) in [5, 5.41) is 3.17. The molecule has 0 fully saturated rings. The third kappa shape index (κ3) is 3.26. The summed E-state index contributed by atoms with van der Waals surface area (Å²) >= 11 is 1.78. The van der Waals surface area contributed by atoms with Crippen LogP contribution in [0.3, 0.4) is 0 Å². The molecule has 1 aliphatic heterocycles. The third-order valence-electron chi connectivity index (χ3n) is 4.06. The minimum atomic E-state index is -0.321. The van der Waals surface area contributed by atoms with Crippen LogP contribution in [0.15, 0.2) is 57.4 Å². The van der Waals surface area contributed by atoms with Gasteiger partial charge in [-0.15, -0.1) is 0 Å². The van der Waals surface area contributed by atoms with Crippen LogP contribution in [0.5, 0.6) is 0 Å². The first kappa shape index (κ1) is 16.0. The van der Waals surface area contributed by atoms with Gasteiger partial charge in [0.15, 0.2) is 0 Å². The van der Waals surface area contributed by atoms with Gasteiger partial charge in [0, 0.05) is 22.9 Å². The molecular weight excluding hydrogens is 306 g/mol. The highest BCUT2D eigenvalue weighted by Gasteiger charge is 2.24. The van der Waals surface area contributed by atoms with Crippen LogP contribution in [0.25, 0.3) is 0 Å². The molecule has 0 saturated heterocycles. The van der Waals surface area contributed by atoms with E-state index in [1.165, 1.54) is 21.2 Å². The maximum Gasteiger partial charge on any atom is 0.114 e. The minimum Gasteiger partial charge on any atom is -0.338 e. The number of likely N-dealkylation sites (N-methyl/N-ethyl adjacent to an activating group) is 1. The fourth-order valence-corrected chi connectivity index (χ4v) is 3.78.